The van der Waals surface area contributed by atoms with Crippen LogP contribution in [0.1, 0.15) is 0 Å². The normalized spacial score (nSPS) is 10.3. The second-order valence-corrected chi connectivity index (χ2v) is 4.56. The smallest absolute Gasteiger partial charge is 0.131 e. The van der Waals surface area contributed by atoms with E-state index >= 15 is 0 Å². The summed E-state index contributed by atoms with van der Waals surface area (Å²) in [7, 11) is 2.64. The van der Waals surface area contributed by atoms with Crippen LogP contribution in [0.25, 0.3) is 11.1 Å². The number of hydrogen-bond acceptors (Lipinski definition) is 1. The molecule has 76 valence electrons. The van der Waals surface area contributed by atoms with E-state index in [1.165, 1.54) is 0 Å². The Kier molecular flexibility index (Phi) is 3.25. The number of nitrogens with zero attached hydrogens (tertiary/aromatic N) is 1. The van der Waals surface area contributed by atoms with Crippen LogP contribution in [0, 0.1) is 0 Å². The molecule has 4 heteroatoms. The quantitative estimate of drug-likeness (QED) is 0.561. The maximum atomic E-state index is 5.83. The first kappa shape index (κ1) is 10.9. The molecule has 2 aromatic rings. The van der Waals surface area contributed by atoms with Crippen LogP contribution in [0.5, 0.6) is 0 Å². The molecule has 0 N–H and O–H groups in total. The van der Waals surface area contributed by atoms with Crippen LogP contribution in [0.4, 0.5) is 0 Å². The molecule has 1 heterocycles. The fraction of sp³-hybridized carbons (Fsp3) is 0. The molecule has 0 spiro atoms. The van der Waals surface area contributed by atoms with Gasteiger partial charge in [0.15, 0.2) is 0 Å². The van der Waals surface area contributed by atoms with Gasteiger partial charge in [0.25, 0.3) is 0 Å². The summed E-state index contributed by atoms with van der Waals surface area (Å²) in [5.74, 6) is 0. The van der Waals surface area contributed by atoms with Gasteiger partial charge in [-0.2, -0.15) is 0 Å². The predicted molar refractivity (Wildman–Crippen MR) is 69.0 cm³/mol. The van der Waals surface area contributed by atoms with Crippen molar-refractivity contribution in [3.05, 3.63) is 46.7 Å². The van der Waals surface area contributed by atoms with Gasteiger partial charge in [-0.3, -0.25) is 0 Å². The SMILES string of the molecule is Pc1ccc(-c2cc(Cl)nc(Cl)c2)cc1. The van der Waals surface area contributed by atoms with Crippen LogP contribution in [0.3, 0.4) is 0 Å². The molecule has 15 heavy (non-hydrogen) atoms. The topological polar surface area (TPSA) is 12.9 Å². The summed E-state index contributed by atoms with van der Waals surface area (Å²) in [4.78, 5) is 3.90. The van der Waals surface area contributed by atoms with Gasteiger partial charge in [0, 0.05) is 0 Å². The zero-order chi connectivity index (χ0) is 10.8. The molecule has 0 aliphatic rings. The summed E-state index contributed by atoms with van der Waals surface area (Å²) in [6, 6.07) is 11.7. The number of halogens is 2. The highest BCUT2D eigenvalue weighted by atomic mass is 35.5. The number of aromatic nitrogens is 1. The van der Waals surface area contributed by atoms with Gasteiger partial charge in [0.1, 0.15) is 10.3 Å². The Morgan fingerprint density at radius 2 is 1.40 bits per heavy atom. The fourth-order valence-electron chi connectivity index (χ4n) is 1.31. The Bertz CT molecular complexity index is 462. The minimum absolute atomic E-state index is 0.410. The fourth-order valence-corrected chi connectivity index (χ4v) is 1.96. The maximum absolute atomic E-state index is 5.83. The highest BCUT2D eigenvalue weighted by Crippen LogP contribution is 2.24. The highest BCUT2D eigenvalue weighted by Gasteiger charge is 2.01. The van der Waals surface area contributed by atoms with Crippen molar-refractivity contribution in [2.24, 2.45) is 0 Å². The van der Waals surface area contributed by atoms with Gasteiger partial charge < -0.3 is 0 Å². The second kappa shape index (κ2) is 4.49. The van der Waals surface area contributed by atoms with Crippen molar-refractivity contribution in [2.75, 3.05) is 0 Å². The first-order valence-corrected chi connectivity index (χ1v) is 5.67. The van der Waals surface area contributed by atoms with Gasteiger partial charge in [-0.15, -0.1) is 9.24 Å². The molecule has 2 rings (SSSR count). The molecule has 0 aliphatic heterocycles. The Balaban J connectivity index is 2.49. The number of rotatable bonds is 1. The summed E-state index contributed by atoms with van der Waals surface area (Å²) in [5, 5.41) is 1.96. The zero-order valence-corrected chi connectivity index (χ0v) is 10.4. The van der Waals surface area contributed by atoms with Gasteiger partial charge in [0.05, 0.1) is 0 Å². The third-order valence-electron chi connectivity index (χ3n) is 2.01. The lowest BCUT2D eigenvalue weighted by molar-refractivity contribution is 1.33. The summed E-state index contributed by atoms with van der Waals surface area (Å²) >= 11 is 11.7. The third-order valence-corrected chi connectivity index (χ3v) is 2.78. The van der Waals surface area contributed by atoms with Crippen molar-refractivity contribution >= 4 is 37.7 Å². The van der Waals surface area contributed by atoms with Crippen LogP contribution in [-0.4, -0.2) is 4.98 Å². The molecular formula is C11H8Cl2NP. The van der Waals surface area contributed by atoms with Crippen LogP contribution >= 0.6 is 32.4 Å². The number of hydrogen-bond donors (Lipinski definition) is 0. The average molecular weight is 256 g/mol. The largest absolute Gasteiger partial charge is 0.224 e. The zero-order valence-electron chi connectivity index (χ0n) is 7.74. The molecule has 0 saturated heterocycles. The van der Waals surface area contributed by atoms with Gasteiger partial charge >= 0.3 is 0 Å². The van der Waals surface area contributed by atoms with Crippen molar-refractivity contribution in [2.45, 2.75) is 0 Å². The number of pyridine rings is 1. The van der Waals surface area contributed by atoms with E-state index in [9.17, 15) is 0 Å². The summed E-state index contributed by atoms with van der Waals surface area (Å²) in [6.45, 7) is 0. The standard InChI is InChI=1S/C11H8Cl2NP/c12-10-5-8(6-11(13)14-10)7-1-3-9(15)4-2-7/h1-6H,15H2. The Morgan fingerprint density at radius 3 is 1.93 bits per heavy atom. The van der Waals surface area contributed by atoms with E-state index in [1.54, 1.807) is 12.1 Å². The second-order valence-electron chi connectivity index (χ2n) is 3.12. The minimum Gasteiger partial charge on any atom is -0.224 e. The molecule has 0 amide bonds. The van der Waals surface area contributed by atoms with Crippen LogP contribution in [0.15, 0.2) is 36.4 Å². The van der Waals surface area contributed by atoms with Crippen molar-refractivity contribution in [3.63, 3.8) is 0 Å². The van der Waals surface area contributed by atoms with Gasteiger partial charge in [-0.25, -0.2) is 4.98 Å². The van der Waals surface area contributed by atoms with Crippen molar-refractivity contribution in [1.82, 2.24) is 4.98 Å². The molecule has 1 atom stereocenters. The lowest BCUT2D eigenvalue weighted by Gasteiger charge is -2.03. The maximum Gasteiger partial charge on any atom is 0.131 e. The van der Waals surface area contributed by atoms with Crippen LogP contribution < -0.4 is 5.30 Å². The lowest BCUT2D eigenvalue weighted by Crippen LogP contribution is -1.88. The summed E-state index contributed by atoms with van der Waals surface area (Å²) in [5.41, 5.74) is 2.05. The molecule has 0 radical (unpaired) electrons. The monoisotopic (exact) mass is 255 g/mol. The summed E-state index contributed by atoms with van der Waals surface area (Å²) < 4.78 is 0. The molecule has 0 aliphatic carbocycles. The molecule has 1 aromatic heterocycles. The highest BCUT2D eigenvalue weighted by molar-refractivity contribution is 7.27. The van der Waals surface area contributed by atoms with E-state index in [1.807, 2.05) is 24.3 Å². The van der Waals surface area contributed by atoms with Crippen LogP contribution in [-0.2, 0) is 0 Å². The first-order valence-electron chi connectivity index (χ1n) is 4.34. The molecule has 0 fully saturated rings. The van der Waals surface area contributed by atoms with Crippen LogP contribution in [0.2, 0.25) is 10.3 Å². The Hall–Kier alpha value is -0.620. The van der Waals surface area contributed by atoms with Gasteiger partial charge in [-0.05, 0) is 28.6 Å². The van der Waals surface area contributed by atoms with E-state index in [2.05, 4.69) is 14.2 Å². The van der Waals surface area contributed by atoms with E-state index in [0.717, 1.165) is 16.4 Å². The van der Waals surface area contributed by atoms with E-state index in [4.69, 9.17) is 23.2 Å². The van der Waals surface area contributed by atoms with Gasteiger partial charge in [-0.1, -0.05) is 47.5 Å². The molecular weight excluding hydrogens is 248 g/mol. The van der Waals surface area contributed by atoms with Crippen molar-refractivity contribution < 1.29 is 0 Å². The predicted octanol–water partition coefficient (Wildman–Crippen LogP) is 3.56. The number of benzene rings is 1. The Morgan fingerprint density at radius 1 is 0.867 bits per heavy atom. The molecule has 1 aromatic carbocycles. The van der Waals surface area contributed by atoms with Crippen molar-refractivity contribution in [1.29, 1.82) is 0 Å². The van der Waals surface area contributed by atoms with E-state index in [-0.39, 0.29) is 0 Å². The lowest BCUT2D eigenvalue weighted by atomic mass is 10.1. The average Bonchev–Trinajstić information content (AvgIpc) is 2.17. The van der Waals surface area contributed by atoms with E-state index < -0.39 is 0 Å². The molecule has 1 nitrogen and oxygen atoms in total. The summed E-state index contributed by atoms with van der Waals surface area (Å²) in [6.07, 6.45) is 0. The van der Waals surface area contributed by atoms with Crippen molar-refractivity contribution in [3.8, 4) is 11.1 Å². The minimum atomic E-state index is 0.410. The first-order chi connectivity index (χ1) is 7.15. The molecule has 1 unspecified atom stereocenters. The third kappa shape index (κ3) is 2.69. The van der Waals surface area contributed by atoms with Gasteiger partial charge in [0.2, 0.25) is 0 Å². The Labute approximate surface area is 101 Å². The molecule has 0 saturated carbocycles. The van der Waals surface area contributed by atoms with E-state index in [0.29, 0.717) is 10.3 Å². The molecule has 0 bridgehead atoms.